The number of nitrogens with two attached hydrogens (primary N) is 1. The average Bonchev–Trinajstić information content (AvgIpc) is 3.03. The summed E-state index contributed by atoms with van der Waals surface area (Å²) in [5, 5.41) is 2.86. The maximum Gasteiger partial charge on any atom is 0.289 e. The summed E-state index contributed by atoms with van der Waals surface area (Å²) in [7, 11) is 1.76. The number of nitrogen functional groups attached to an aromatic ring is 1. The average molecular weight is 365 g/mol. The fourth-order valence-corrected chi connectivity index (χ4v) is 3.33. The molecule has 3 rings (SSSR count). The molecular formula is C15H13BrN2O2S. The number of amides is 1. The van der Waals surface area contributed by atoms with Gasteiger partial charge in [-0.1, -0.05) is 0 Å². The molecular weight excluding hydrogens is 352 g/mol. The second-order valence-corrected chi connectivity index (χ2v) is 7.12. The molecule has 0 fully saturated rings. The van der Waals surface area contributed by atoms with Gasteiger partial charge in [0.15, 0.2) is 5.76 Å². The zero-order valence-electron chi connectivity index (χ0n) is 11.3. The Kier molecular flexibility index (Phi) is 3.73. The minimum Gasteiger partial charge on any atom is -0.451 e. The molecule has 108 valence electrons. The lowest BCUT2D eigenvalue weighted by molar-refractivity contribution is 0.0756. The summed E-state index contributed by atoms with van der Waals surface area (Å²) in [6.45, 7) is 0.542. The van der Waals surface area contributed by atoms with Crippen LogP contribution >= 0.6 is 27.3 Å². The van der Waals surface area contributed by atoms with Gasteiger partial charge in [0.2, 0.25) is 0 Å². The highest BCUT2D eigenvalue weighted by atomic mass is 79.9. The Morgan fingerprint density at radius 2 is 2.19 bits per heavy atom. The monoisotopic (exact) mass is 364 g/mol. The number of hydrogen-bond acceptors (Lipinski definition) is 4. The van der Waals surface area contributed by atoms with E-state index >= 15 is 0 Å². The van der Waals surface area contributed by atoms with Crippen molar-refractivity contribution in [3.8, 4) is 0 Å². The summed E-state index contributed by atoms with van der Waals surface area (Å²) in [5.74, 6) is 0.180. The van der Waals surface area contributed by atoms with Crippen molar-refractivity contribution in [3.05, 3.63) is 50.8 Å². The third-order valence-electron chi connectivity index (χ3n) is 3.14. The standard InChI is InChI=1S/C15H13BrN2O2S/c1-18(7-9-4-14(16)21-8-9)15(19)13-6-10-5-11(17)2-3-12(10)20-13/h2-6,8H,7,17H2,1H3. The van der Waals surface area contributed by atoms with E-state index in [9.17, 15) is 4.79 Å². The van der Waals surface area contributed by atoms with Gasteiger partial charge in [-0.25, -0.2) is 0 Å². The van der Waals surface area contributed by atoms with Crippen molar-refractivity contribution in [1.29, 1.82) is 0 Å². The molecule has 1 aromatic carbocycles. The molecule has 3 aromatic rings. The number of fused-ring (bicyclic) bond motifs is 1. The van der Waals surface area contributed by atoms with Crippen LogP contribution in [0.5, 0.6) is 0 Å². The van der Waals surface area contributed by atoms with E-state index in [0.717, 1.165) is 14.7 Å². The van der Waals surface area contributed by atoms with Gasteiger partial charge in [0.1, 0.15) is 5.58 Å². The van der Waals surface area contributed by atoms with Gasteiger partial charge in [0.25, 0.3) is 5.91 Å². The SMILES string of the molecule is CN(Cc1csc(Br)c1)C(=O)c1cc2cc(N)ccc2o1. The first-order chi connectivity index (χ1) is 10.0. The second-order valence-electron chi connectivity index (χ2n) is 4.83. The summed E-state index contributed by atoms with van der Waals surface area (Å²) in [5.41, 5.74) is 8.14. The second kappa shape index (κ2) is 5.54. The molecule has 21 heavy (non-hydrogen) atoms. The Morgan fingerprint density at radius 1 is 1.38 bits per heavy atom. The van der Waals surface area contributed by atoms with Gasteiger partial charge in [-0.3, -0.25) is 4.79 Å². The van der Waals surface area contributed by atoms with E-state index in [1.54, 1.807) is 47.5 Å². The van der Waals surface area contributed by atoms with Crippen LogP contribution in [0.4, 0.5) is 5.69 Å². The van der Waals surface area contributed by atoms with Crippen LogP contribution in [0.25, 0.3) is 11.0 Å². The summed E-state index contributed by atoms with van der Waals surface area (Å²) in [6, 6.07) is 9.07. The highest BCUT2D eigenvalue weighted by molar-refractivity contribution is 9.11. The van der Waals surface area contributed by atoms with E-state index < -0.39 is 0 Å². The smallest absolute Gasteiger partial charge is 0.289 e. The molecule has 2 heterocycles. The van der Waals surface area contributed by atoms with E-state index in [1.807, 2.05) is 11.4 Å². The molecule has 2 N–H and O–H groups in total. The van der Waals surface area contributed by atoms with Crippen LogP contribution in [-0.4, -0.2) is 17.9 Å². The molecule has 0 unspecified atom stereocenters. The van der Waals surface area contributed by atoms with Crippen LogP contribution in [0, 0.1) is 0 Å². The number of hydrogen-bond donors (Lipinski definition) is 1. The van der Waals surface area contributed by atoms with Gasteiger partial charge < -0.3 is 15.1 Å². The Hall–Kier alpha value is -1.79. The topological polar surface area (TPSA) is 59.5 Å². The minimum absolute atomic E-state index is 0.146. The molecule has 0 aliphatic carbocycles. The number of benzene rings is 1. The number of furan rings is 1. The zero-order chi connectivity index (χ0) is 15.0. The lowest BCUT2D eigenvalue weighted by Gasteiger charge is -2.14. The van der Waals surface area contributed by atoms with E-state index in [4.69, 9.17) is 10.2 Å². The molecule has 0 atom stereocenters. The van der Waals surface area contributed by atoms with Crippen LogP contribution in [0.2, 0.25) is 0 Å². The minimum atomic E-state index is -0.146. The first-order valence-corrected chi connectivity index (χ1v) is 7.97. The molecule has 6 heteroatoms. The van der Waals surface area contributed by atoms with Crippen molar-refractivity contribution in [2.75, 3.05) is 12.8 Å². The fraction of sp³-hybridized carbons (Fsp3) is 0.133. The zero-order valence-corrected chi connectivity index (χ0v) is 13.7. The Bertz CT molecular complexity index is 809. The van der Waals surface area contributed by atoms with Crippen molar-refractivity contribution in [2.24, 2.45) is 0 Å². The lowest BCUT2D eigenvalue weighted by Crippen LogP contribution is -2.25. The Morgan fingerprint density at radius 3 is 2.90 bits per heavy atom. The molecule has 0 spiro atoms. The third kappa shape index (κ3) is 2.96. The van der Waals surface area contributed by atoms with E-state index in [-0.39, 0.29) is 5.91 Å². The van der Waals surface area contributed by atoms with Crippen molar-refractivity contribution >= 4 is 49.8 Å². The molecule has 0 aliphatic heterocycles. The number of halogens is 1. The molecule has 4 nitrogen and oxygen atoms in total. The Labute approximate surface area is 134 Å². The van der Waals surface area contributed by atoms with Crippen LogP contribution in [0.15, 0.2) is 43.9 Å². The van der Waals surface area contributed by atoms with Gasteiger partial charge in [0, 0.05) is 24.7 Å². The van der Waals surface area contributed by atoms with E-state index in [2.05, 4.69) is 15.9 Å². The quantitative estimate of drug-likeness (QED) is 0.711. The molecule has 0 aliphatic rings. The van der Waals surface area contributed by atoms with Gasteiger partial charge >= 0.3 is 0 Å². The van der Waals surface area contributed by atoms with Gasteiger partial charge in [-0.15, -0.1) is 11.3 Å². The molecule has 0 radical (unpaired) electrons. The fourth-order valence-electron chi connectivity index (χ4n) is 2.13. The van der Waals surface area contributed by atoms with E-state index in [0.29, 0.717) is 23.6 Å². The predicted molar refractivity (Wildman–Crippen MR) is 88.4 cm³/mol. The number of thiophene rings is 1. The highest BCUT2D eigenvalue weighted by Gasteiger charge is 2.17. The maximum absolute atomic E-state index is 12.4. The summed E-state index contributed by atoms with van der Waals surface area (Å²) < 4.78 is 6.65. The number of carbonyl (C=O) groups is 1. The van der Waals surface area contributed by atoms with Crippen molar-refractivity contribution in [2.45, 2.75) is 6.54 Å². The third-order valence-corrected chi connectivity index (χ3v) is 4.69. The Balaban J connectivity index is 1.82. The number of nitrogens with zero attached hydrogens (tertiary/aromatic N) is 1. The molecule has 1 amide bonds. The number of carbonyl (C=O) groups excluding carboxylic acids is 1. The number of rotatable bonds is 3. The lowest BCUT2D eigenvalue weighted by atomic mass is 10.2. The van der Waals surface area contributed by atoms with Crippen molar-refractivity contribution in [1.82, 2.24) is 4.90 Å². The van der Waals surface area contributed by atoms with Crippen LogP contribution in [-0.2, 0) is 6.54 Å². The first-order valence-electron chi connectivity index (χ1n) is 6.30. The van der Waals surface area contributed by atoms with Crippen molar-refractivity contribution < 1.29 is 9.21 Å². The van der Waals surface area contributed by atoms with Crippen LogP contribution < -0.4 is 5.73 Å². The van der Waals surface area contributed by atoms with Crippen molar-refractivity contribution in [3.63, 3.8) is 0 Å². The molecule has 0 saturated heterocycles. The van der Waals surface area contributed by atoms with Crippen LogP contribution in [0.3, 0.4) is 0 Å². The number of anilines is 1. The normalized spacial score (nSPS) is 11.0. The van der Waals surface area contributed by atoms with Crippen LogP contribution in [0.1, 0.15) is 16.1 Å². The molecule has 2 aromatic heterocycles. The largest absolute Gasteiger partial charge is 0.451 e. The van der Waals surface area contributed by atoms with Gasteiger partial charge in [0.05, 0.1) is 3.79 Å². The predicted octanol–water partition coefficient (Wildman–Crippen LogP) is 4.11. The summed E-state index contributed by atoms with van der Waals surface area (Å²) in [4.78, 5) is 14.0. The molecule has 0 saturated carbocycles. The van der Waals surface area contributed by atoms with Gasteiger partial charge in [-0.05, 0) is 57.2 Å². The van der Waals surface area contributed by atoms with Gasteiger partial charge in [-0.2, -0.15) is 0 Å². The highest BCUT2D eigenvalue weighted by Crippen LogP contribution is 2.24. The first kappa shape index (κ1) is 14.2. The summed E-state index contributed by atoms with van der Waals surface area (Å²) in [6.07, 6.45) is 0. The van der Waals surface area contributed by atoms with E-state index in [1.165, 1.54) is 0 Å². The summed E-state index contributed by atoms with van der Waals surface area (Å²) >= 11 is 5.02. The maximum atomic E-state index is 12.4. The molecule has 0 bridgehead atoms.